The summed E-state index contributed by atoms with van der Waals surface area (Å²) < 4.78 is 0. The van der Waals surface area contributed by atoms with Gasteiger partial charge in [0.1, 0.15) is 11.0 Å². The largest absolute Gasteiger partial charge is 0.329 e. The number of hydrogen-bond acceptors (Lipinski definition) is 3. The molecule has 0 saturated carbocycles. The molecule has 0 N–H and O–H groups in total. The first-order valence-electron chi connectivity index (χ1n) is 6.05. The second-order valence-electron chi connectivity index (χ2n) is 4.40. The van der Waals surface area contributed by atoms with Gasteiger partial charge in [-0.3, -0.25) is 0 Å². The number of benzene rings is 1. The van der Waals surface area contributed by atoms with Crippen LogP contribution in [0.5, 0.6) is 0 Å². The Hall–Kier alpha value is -1.84. The molecule has 0 radical (unpaired) electrons. The van der Waals surface area contributed by atoms with Crippen LogP contribution in [-0.4, -0.2) is 17.0 Å². The van der Waals surface area contributed by atoms with Gasteiger partial charge in [0.25, 0.3) is 0 Å². The van der Waals surface area contributed by atoms with Crippen LogP contribution in [0.15, 0.2) is 48.8 Å². The fourth-order valence-electron chi connectivity index (χ4n) is 2.12. The van der Waals surface area contributed by atoms with Crippen molar-refractivity contribution in [3.8, 4) is 0 Å². The van der Waals surface area contributed by atoms with Gasteiger partial charge in [-0.1, -0.05) is 29.3 Å². The topological polar surface area (TPSA) is 29.0 Å². The Kier molecular flexibility index (Phi) is 3.47. The third-order valence-electron chi connectivity index (χ3n) is 3.12. The van der Waals surface area contributed by atoms with Gasteiger partial charge < -0.3 is 4.90 Å². The molecule has 0 atom stereocenters. The predicted octanol–water partition coefficient (Wildman–Crippen LogP) is 4.70. The number of aromatic nitrogens is 2. The van der Waals surface area contributed by atoms with E-state index in [1.807, 2.05) is 42.3 Å². The van der Waals surface area contributed by atoms with Crippen molar-refractivity contribution in [1.29, 1.82) is 0 Å². The number of rotatable bonds is 2. The predicted molar refractivity (Wildman–Crippen MR) is 84.1 cm³/mol. The normalized spacial score (nSPS) is 10.8. The van der Waals surface area contributed by atoms with E-state index in [1.165, 1.54) is 0 Å². The molecule has 3 aromatic rings. The maximum atomic E-state index is 6.09. The highest BCUT2D eigenvalue weighted by atomic mass is 35.5. The van der Waals surface area contributed by atoms with Crippen LogP contribution in [0.2, 0.25) is 10.2 Å². The van der Waals surface area contributed by atoms with E-state index in [-0.39, 0.29) is 0 Å². The molecule has 0 bridgehead atoms. The molecule has 2 heterocycles. The van der Waals surface area contributed by atoms with Crippen LogP contribution in [0.3, 0.4) is 0 Å². The summed E-state index contributed by atoms with van der Waals surface area (Å²) in [6, 6.07) is 11.4. The Morgan fingerprint density at radius 2 is 1.75 bits per heavy atom. The summed E-state index contributed by atoms with van der Waals surface area (Å²) in [7, 11) is 1.94. The van der Waals surface area contributed by atoms with Gasteiger partial charge in [-0.2, -0.15) is 0 Å². The van der Waals surface area contributed by atoms with E-state index in [9.17, 15) is 0 Å². The molecule has 3 nitrogen and oxygen atoms in total. The smallest absolute Gasteiger partial charge is 0.140 e. The van der Waals surface area contributed by atoms with Crippen molar-refractivity contribution in [2.75, 3.05) is 11.9 Å². The Bertz CT molecular complexity index is 774. The Balaban J connectivity index is 2.16. The minimum absolute atomic E-state index is 0.451. The Labute approximate surface area is 126 Å². The van der Waals surface area contributed by atoms with Crippen LogP contribution in [0.4, 0.5) is 11.5 Å². The van der Waals surface area contributed by atoms with E-state index < -0.39 is 0 Å². The number of halogens is 2. The van der Waals surface area contributed by atoms with Crippen LogP contribution >= 0.6 is 23.2 Å². The van der Waals surface area contributed by atoms with Crippen molar-refractivity contribution in [1.82, 2.24) is 9.97 Å². The summed E-state index contributed by atoms with van der Waals surface area (Å²) in [5, 5.41) is 3.22. The number of nitrogens with zero attached hydrogens (tertiary/aromatic N) is 3. The van der Waals surface area contributed by atoms with Crippen LogP contribution < -0.4 is 4.90 Å². The minimum Gasteiger partial charge on any atom is -0.329 e. The average molecular weight is 304 g/mol. The van der Waals surface area contributed by atoms with Crippen molar-refractivity contribution in [2.45, 2.75) is 0 Å². The molecule has 100 valence electrons. The van der Waals surface area contributed by atoms with Gasteiger partial charge in [0, 0.05) is 35.5 Å². The highest BCUT2D eigenvalue weighted by Gasteiger charge is 2.10. The summed E-state index contributed by atoms with van der Waals surface area (Å²) in [6.07, 6.45) is 3.46. The van der Waals surface area contributed by atoms with Crippen molar-refractivity contribution in [3.63, 3.8) is 0 Å². The van der Waals surface area contributed by atoms with E-state index in [0.717, 1.165) is 22.3 Å². The second-order valence-corrected chi connectivity index (χ2v) is 5.22. The molecular weight excluding hydrogens is 293 g/mol. The van der Waals surface area contributed by atoms with E-state index in [4.69, 9.17) is 23.2 Å². The van der Waals surface area contributed by atoms with Crippen molar-refractivity contribution in [2.24, 2.45) is 0 Å². The zero-order chi connectivity index (χ0) is 14.1. The molecular formula is C15H11Cl2N3. The van der Waals surface area contributed by atoms with Crippen LogP contribution in [0, 0.1) is 0 Å². The summed E-state index contributed by atoms with van der Waals surface area (Å²) >= 11 is 12.0. The molecule has 0 aliphatic heterocycles. The van der Waals surface area contributed by atoms with Crippen molar-refractivity contribution < 1.29 is 0 Å². The summed E-state index contributed by atoms with van der Waals surface area (Å²) in [4.78, 5) is 10.4. The molecule has 2 aromatic heterocycles. The molecule has 0 spiro atoms. The first kappa shape index (κ1) is 13.2. The van der Waals surface area contributed by atoms with Gasteiger partial charge in [0.05, 0.1) is 0 Å². The number of hydrogen-bond donors (Lipinski definition) is 0. The highest BCUT2D eigenvalue weighted by Crippen LogP contribution is 2.31. The van der Waals surface area contributed by atoms with Gasteiger partial charge in [-0.25, -0.2) is 9.97 Å². The molecule has 1 aromatic carbocycles. The number of anilines is 2. The van der Waals surface area contributed by atoms with E-state index in [0.29, 0.717) is 10.2 Å². The van der Waals surface area contributed by atoms with Gasteiger partial charge in [-0.15, -0.1) is 0 Å². The third kappa shape index (κ3) is 2.42. The Morgan fingerprint density at radius 3 is 2.55 bits per heavy atom. The van der Waals surface area contributed by atoms with Gasteiger partial charge in [0.2, 0.25) is 0 Å². The van der Waals surface area contributed by atoms with Crippen molar-refractivity contribution >= 4 is 45.5 Å². The maximum absolute atomic E-state index is 6.09. The van der Waals surface area contributed by atoms with E-state index >= 15 is 0 Å². The number of pyridine rings is 2. The monoisotopic (exact) mass is 303 g/mol. The second kappa shape index (κ2) is 5.27. The van der Waals surface area contributed by atoms with Gasteiger partial charge >= 0.3 is 0 Å². The van der Waals surface area contributed by atoms with Crippen LogP contribution in [0.25, 0.3) is 10.8 Å². The molecule has 0 saturated heterocycles. The fourth-order valence-corrected chi connectivity index (χ4v) is 2.46. The van der Waals surface area contributed by atoms with Gasteiger partial charge in [0.15, 0.2) is 0 Å². The third-order valence-corrected chi connectivity index (χ3v) is 3.56. The Morgan fingerprint density at radius 1 is 0.950 bits per heavy atom. The molecule has 5 heteroatoms. The zero-order valence-corrected chi connectivity index (χ0v) is 12.2. The first-order chi connectivity index (χ1) is 9.65. The molecule has 0 aliphatic rings. The van der Waals surface area contributed by atoms with Crippen LogP contribution in [-0.2, 0) is 0 Å². The molecule has 0 aliphatic carbocycles. The SMILES string of the molecule is CN(c1ccnc(Cl)c1)c1nccc2ccc(Cl)cc12. The lowest BCUT2D eigenvalue weighted by Gasteiger charge is -2.20. The highest BCUT2D eigenvalue weighted by molar-refractivity contribution is 6.31. The zero-order valence-electron chi connectivity index (χ0n) is 10.7. The number of fused-ring (bicyclic) bond motifs is 1. The summed E-state index contributed by atoms with van der Waals surface area (Å²) in [5.41, 5.74) is 0.921. The average Bonchev–Trinajstić information content (AvgIpc) is 2.46. The molecule has 0 amide bonds. The lowest BCUT2D eigenvalue weighted by molar-refractivity contribution is 1.13. The maximum Gasteiger partial charge on any atom is 0.140 e. The summed E-state index contributed by atoms with van der Waals surface area (Å²) in [6.45, 7) is 0. The van der Waals surface area contributed by atoms with Gasteiger partial charge in [-0.05, 0) is 35.7 Å². The minimum atomic E-state index is 0.451. The van der Waals surface area contributed by atoms with Crippen molar-refractivity contribution in [3.05, 3.63) is 59.0 Å². The molecule has 3 rings (SSSR count). The molecule has 0 fully saturated rings. The lowest BCUT2D eigenvalue weighted by atomic mass is 10.1. The first-order valence-corrected chi connectivity index (χ1v) is 6.80. The van der Waals surface area contributed by atoms with E-state index in [2.05, 4.69) is 9.97 Å². The fraction of sp³-hybridized carbons (Fsp3) is 0.0667. The van der Waals surface area contributed by atoms with E-state index in [1.54, 1.807) is 18.5 Å². The quantitative estimate of drug-likeness (QED) is 0.642. The summed E-state index contributed by atoms with van der Waals surface area (Å²) in [5.74, 6) is 0.826. The lowest BCUT2D eigenvalue weighted by Crippen LogP contribution is -2.11. The van der Waals surface area contributed by atoms with Crippen LogP contribution in [0.1, 0.15) is 0 Å². The molecule has 20 heavy (non-hydrogen) atoms. The standard InChI is InChI=1S/C15H11Cl2N3/c1-20(12-5-7-18-14(17)9-12)15-13-8-11(16)3-2-10(13)4-6-19-15/h2-9H,1H3. The molecule has 0 unspecified atom stereocenters.